The summed E-state index contributed by atoms with van der Waals surface area (Å²) in [6, 6.07) is 0.507. The van der Waals surface area contributed by atoms with Crippen molar-refractivity contribution in [1.82, 2.24) is 5.32 Å². The first-order valence-corrected chi connectivity index (χ1v) is 6.49. The van der Waals surface area contributed by atoms with Crippen molar-refractivity contribution in [1.29, 1.82) is 0 Å². The number of hydrogen-bond acceptors (Lipinski definition) is 4. The molecule has 3 nitrogen and oxygen atoms in total. The first kappa shape index (κ1) is 14.8. The fourth-order valence-electron chi connectivity index (χ4n) is 0.946. The van der Waals surface area contributed by atoms with E-state index in [0.717, 1.165) is 12.3 Å². The van der Waals surface area contributed by atoms with Gasteiger partial charge in [-0.05, 0) is 20.8 Å². The van der Waals surface area contributed by atoms with E-state index in [1.54, 1.807) is 11.8 Å². The van der Waals surface area contributed by atoms with Crippen LogP contribution >= 0.6 is 11.8 Å². The van der Waals surface area contributed by atoms with Gasteiger partial charge in [-0.2, -0.15) is 0 Å². The lowest BCUT2D eigenvalue weighted by Gasteiger charge is -2.19. The van der Waals surface area contributed by atoms with Gasteiger partial charge >= 0.3 is 5.97 Å². The molecule has 0 saturated carbocycles. The fourth-order valence-corrected chi connectivity index (χ4v) is 1.58. The van der Waals surface area contributed by atoms with Crippen LogP contribution in [0.5, 0.6) is 0 Å². The first-order chi connectivity index (χ1) is 6.81. The van der Waals surface area contributed by atoms with Crippen LogP contribution < -0.4 is 5.32 Å². The molecule has 4 heteroatoms. The average molecular weight is 233 g/mol. The SMILES string of the molecule is CC(C)NCCSCC(=O)OC(C)(C)C. The Morgan fingerprint density at radius 1 is 1.40 bits per heavy atom. The van der Waals surface area contributed by atoms with Gasteiger partial charge in [0.1, 0.15) is 5.60 Å². The summed E-state index contributed by atoms with van der Waals surface area (Å²) in [5.74, 6) is 1.26. The van der Waals surface area contributed by atoms with E-state index in [2.05, 4.69) is 19.2 Å². The summed E-state index contributed by atoms with van der Waals surface area (Å²) in [6.45, 7) is 10.8. The molecule has 0 fully saturated rings. The number of hydrogen-bond donors (Lipinski definition) is 1. The second-order valence-corrected chi connectivity index (χ2v) is 5.85. The highest BCUT2D eigenvalue weighted by atomic mass is 32.2. The van der Waals surface area contributed by atoms with Gasteiger partial charge in [0, 0.05) is 18.3 Å². The van der Waals surface area contributed by atoms with E-state index in [-0.39, 0.29) is 11.6 Å². The highest BCUT2D eigenvalue weighted by Crippen LogP contribution is 2.09. The minimum absolute atomic E-state index is 0.128. The predicted octanol–water partition coefficient (Wildman–Crippen LogP) is 2.06. The maximum atomic E-state index is 11.3. The summed E-state index contributed by atoms with van der Waals surface area (Å²) in [7, 11) is 0. The molecule has 0 radical (unpaired) electrons. The molecule has 0 atom stereocenters. The Hall–Kier alpha value is -0.220. The summed E-state index contributed by atoms with van der Waals surface area (Å²) in [5.41, 5.74) is -0.367. The minimum Gasteiger partial charge on any atom is -0.459 e. The van der Waals surface area contributed by atoms with Gasteiger partial charge in [0.05, 0.1) is 5.75 Å². The number of ether oxygens (including phenoxy) is 1. The number of carbonyl (C=O) groups excluding carboxylic acids is 1. The third-order valence-electron chi connectivity index (χ3n) is 1.44. The predicted molar refractivity (Wildman–Crippen MR) is 66.3 cm³/mol. The summed E-state index contributed by atoms with van der Waals surface area (Å²) in [5, 5.41) is 3.29. The molecule has 0 rings (SSSR count). The van der Waals surface area contributed by atoms with E-state index >= 15 is 0 Å². The molecular weight excluding hydrogens is 210 g/mol. The summed E-state index contributed by atoms with van der Waals surface area (Å²) >= 11 is 1.61. The largest absolute Gasteiger partial charge is 0.459 e. The first-order valence-electron chi connectivity index (χ1n) is 5.34. The van der Waals surface area contributed by atoms with Crippen LogP contribution in [0.15, 0.2) is 0 Å². The number of nitrogens with one attached hydrogen (secondary N) is 1. The van der Waals surface area contributed by atoms with E-state index in [0.29, 0.717) is 11.8 Å². The van der Waals surface area contributed by atoms with Crippen molar-refractivity contribution in [2.75, 3.05) is 18.1 Å². The molecule has 90 valence electrons. The average Bonchev–Trinajstić information content (AvgIpc) is 1.99. The zero-order valence-corrected chi connectivity index (χ0v) is 11.2. The quantitative estimate of drug-likeness (QED) is 0.563. The lowest BCUT2D eigenvalue weighted by molar-refractivity contribution is -0.151. The normalized spacial score (nSPS) is 11.9. The van der Waals surface area contributed by atoms with Gasteiger partial charge in [-0.15, -0.1) is 11.8 Å². The molecule has 0 aromatic rings. The molecule has 0 aromatic carbocycles. The molecule has 0 bridgehead atoms. The third kappa shape index (κ3) is 11.7. The summed E-state index contributed by atoms with van der Waals surface area (Å²) in [4.78, 5) is 11.3. The lowest BCUT2D eigenvalue weighted by atomic mass is 10.2. The van der Waals surface area contributed by atoms with Gasteiger partial charge in [0.15, 0.2) is 0 Å². The molecule has 0 aliphatic carbocycles. The van der Waals surface area contributed by atoms with Gasteiger partial charge < -0.3 is 10.1 Å². The van der Waals surface area contributed by atoms with Crippen molar-refractivity contribution >= 4 is 17.7 Å². The molecule has 0 aliphatic heterocycles. The Labute approximate surface area is 97.3 Å². The Morgan fingerprint density at radius 3 is 2.47 bits per heavy atom. The van der Waals surface area contributed by atoms with Crippen LogP contribution in [0.1, 0.15) is 34.6 Å². The van der Waals surface area contributed by atoms with E-state index in [1.165, 1.54) is 0 Å². The molecule has 0 aliphatic rings. The van der Waals surface area contributed by atoms with Crippen LogP contribution in [-0.2, 0) is 9.53 Å². The molecular formula is C11H23NO2S. The second kappa shape index (κ2) is 7.12. The molecule has 15 heavy (non-hydrogen) atoms. The van der Waals surface area contributed by atoms with E-state index in [9.17, 15) is 4.79 Å². The molecule has 0 amide bonds. The second-order valence-electron chi connectivity index (χ2n) is 4.75. The maximum Gasteiger partial charge on any atom is 0.316 e. The fraction of sp³-hybridized carbons (Fsp3) is 0.909. The molecule has 0 unspecified atom stereocenters. The van der Waals surface area contributed by atoms with E-state index in [4.69, 9.17) is 4.74 Å². The smallest absolute Gasteiger partial charge is 0.316 e. The number of esters is 1. The van der Waals surface area contributed by atoms with Crippen LogP contribution in [0, 0.1) is 0 Å². The van der Waals surface area contributed by atoms with Crippen LogP contribution in [0.4, 0.5) is 0 Å². The van der Waals surface area contributed by atoms with Crippen molar-refractivity contribution in [3.63, 3.8) is 0 Å². The Morgan fingerprint density at radius 2 is 2.00 bits per heavy atom. The zero-order chi connectivity index (χ0) is 11.9. The van der Waals surface area contributed by atoms with Gasteiger partial charge in [-0.1, -0.05) is 13.8 Å². The lowest BCUT2D eigenvalue weighted by Crippen LogP contribution is -2.27. The van der Waals surface area contributed by atoms with Crippen molar-refractivity contribution in [3.05, 3.63) is 0 Å². The molecule has 0 spiro atoms. The highest BCUT2D eigenvalue weighted by Gasteiger charge is 2.15. The van der Waals surface area contributed by atoms with Crippen LogP contribution in [0.3, 0.4) is 0 Å². The van der Waals surface area contributed by atoms with Crippen molar-refractivity contribution in [2.45, 2.75) is 46.3 Å². The Kier molecular flexibility index (Phi) is 7.02. The van der Waals surface area contributed by atoms with Crippen molar-refractivity contribution in [3.8, 4) is 0 Å². The molecule has 0 heterocycles. The van der Waals surface area contributed by atoms with Gasteiger partial charge in [0.25, 0.3) is 0 Å². The van der Waals surface area contributed by atoms with Crippen LogP contribution in [0.25, 0.3) is 0 Å². The number of carbonyl (C=O) groups is 1. The van der Waals surface area contributed by atoms with Gasteiger partial charge in [0.2, 0.25) is 0 Å². The summed E-state index contributed by atoms with van der Waals surface area (Å²) < 4.78 is 5.19. The Balaban J connectivity index is 3.40. The standard InChI is InChI=1S/C11H23NO2S/c1-9(2)12-6-7-15-8-10(13)14-11(3,4)5/h9,12H,6-8H2,1-5H3. The minimum atomic E-state index is -0.367. The third-order valence-corrected chi connectivity index (χ3v) is 2.37. The van der Waals surface area contributed by atoms with Crippen molar-refractivity contribution in [2.24, 2.45) is 0 Å². The van der Waals surface area contributed by atoms with Crippen LogP contribution in [0.2, 0.25) is 0 Å². The topological polar surface area (TPSA) is 38.3 Å². The van der Waals surface area contributed by atoms with E-state index < -0.39 is 0 Å². The molecule has 0 saturated heterocycles. The van der Waals surface area contributed by atoms with E-state index in [1.807, 2.05) is 20.8 Å². The molecule has 1 N–H and O–H groups in total. The van der Waals surface area contributed by atoms with Crippen molar-refractivity contribution < 1.29 is 9.53 Å². The Bertz CT molecular complexity index is 188. The zero-order valence-electron chi connectivity index (χ0n) is 10.4. The highest BCUT2D eigenvalue weighted by molar-refractivity contribution is 7.99. The van der Waals surface area contributed by atoms with Gasteiger partial charge in [-0.25, -0.2) is 0 Å². The van der Waals surface area contributed by atoms with Gasteiger partial charge in [-0.3, -0.25) is 4.79 Å². The molecule has 0 aromatic heterocycles. The maximum absolute atomic E-state index is 11.3. The monoisotopic (exact) mass is 233 g/mol. The van der Waals surface area contributed by atoms with Crippen LogP contribution in [-0.4, -0.2) is 35.7 Å². The summed E-state index contributed by atoms with van der Waals surface area (Å²) in [6.07, 6.45) is 0. The number of rotatable bonds is 6. The number of thioether (sulfide) groups is 1.